The van der Waals surface area contributed by atoms with Gasteiger partial charge in [0.1, 0.15) is 0 Å². The molecule has 158 valence electrons. The van der Waals surface area contributed by atoms with Gasteiger partial charge in [-0.1, -0.05) is 31.5 Å². The summed E-state index contributed by atoms with van der Waals surface area (Å²) in [6, 6.07) is 3.83. The van der Waals surface area contributed by atoms with Crippen LogP contribution in [0.25, 0.3) is 0 Å². The molecule has 1 heterocycles. The molecule has 1 aromatic carbocycles. The van der Waals surface area contributed by atoms with Gasteiger partial charge in [0.15, 0.2) is 0 Å². The summed E-state index contributed by atoms with van der Waals surface area (Å²) < 4.78 is 27.8. The Balaban J connectivity index is 1.95. The van der Waals surface area contributed by atoms with Crippen LogP contribution < -0.4 is 5.32 Å². The van der Waals surface area contributed by atoms with E-state index in [4.69, 9.17) is 0 Å². The molecule has 0 saturated carbocycles. The molecule has 1 N–H and O–H groups in total. The molecule has 1 fully saturated rings. The number of aryl methyl sites for hydroxylation is 3. The molecule has 1 aliphatic rings. The van der Waals surface area contributed by atoms with E-state index in [2.05, 4.69) is 24.1 Å². The Morgan fingerprint density at radius 1 is 1.11 bits per heavy atom. The Labute approximate surface area is 170 Å². The van der Waals surface area contributed by atoms with E-state index in [1.807, 2.05) is 32.9 Å². The lowest BCUT2D eigenvalue weighted by Gasteiger charge is -2.31. The van der Waals surface area contributed by atoms with Crippen molar-refractivity contribution in [2.45, 2.75) is 52.4 Å². The van der Waals surface area contributed by atoms with Crippen LogP contribution in [0, 0.1) is 26.7 Å². The molecule has 0 radical (unpaired) electrons. The summed E-state index contributed by atoms with van der Waals surface area (Å²) in [6.07, 6.45) is 1.14. The molecule has 0 aromatic heterocycles. The van der Waals surface area contributed by atoms with Crippen LogP contribution in [0.5, 0.6) is 0 Å². The average molecular weight is 410 g/mol. The van der Waals surface area contributed by atoms with Crippen molar-refractivity contribution in [3.8, 4) is 0 Å². The molecule has 0 unspecified atom stereocenters. The van der Waals surface area contributed by atoms with Gasteiger partial charge in [-0.3, -0.25) is 4.79 Å². The number of likely N-dealkylation sites (N-methyl/N-ethyl adjacent to an activating group) is 1. The number of hydrogen-bond acceptors (Lipinski definition) is 4. The standard InChI is InChI=1S/C21H35N3O3S/c1-6-23(7-2)13-10-22-21(25)19-8-11-24(12-9-19)28(26,27)20-17(4)14-16(3)15-18(20)5/h14-15,19H,6-13H2,1-5H3,(H,22,25). The SMILES string of the molecule is CCN(CC)CCNC(=O)C1CCN(S(=O)(=O)c2c(C)cc(C)cc2C)CC1. The third-order valence-electron chi connectivity index (χ3n) is 5.65. The summed E-state index contributed by atoms with van der Waals surface area (Å²) in [5.41, 5.74) is 2.64. The van der Waals surface area contributed by atoms with Gasteiger partial charge in [0, 0.05) is 32.1 Å². The van der Waals surface area contributed by atoms with Gasteiger partial charge in [-0.2, -0.15) is 4.31 Å². The number of carbonyl (C=O) groups excluding carboxylic acids is 1. The first kappa shape index (κ1) is 22.8. The minimum atomic E-state index is -3.53. The fourth-order valence-electron chi connectivity index (χ4n) is 4.08. The molecule has 7 heteroatoms. The number of piperidine rings is 1. The topological polar surface area (TPSA) is 69.7 Å². The smallest absolute Gasteiger partial charge is 0.243 e. The Morgan fingerprint density at radius 3 is 2.14 bits per heavy atom. The largest absolute Gasteiger partial charge is 0.355 e. The molecule has 0 spiro atoms. The predicted octanol–water partition coefficient (Wildman–Crippen LogP) is 2.47. The van der Waals surface area contributed by atoms with Crippen LogP contribution in [-0.4, -0.2) is 62.8 Å². The van der Waals surface area contributed by atoms with Gasteiger partial charge in [-0.25, -0.2) is 8.42 Å². The molecule has 0 atom stereocenters. The van der Waals surface area contributed by atoms with Gasteiger partial charge in [0.05, 0.1) is 4.90 Å². The van der Waals surface area contributed by atoms with E-state index in [9.17, 15) is 13.2 Å². The summed E-state index contributed by atoms with van der Waals surface area (Å²) in [7, 11) is -3.53. The molecule has 28 heavy (non-hydrogen) atoms. The quantitative estimate of drug-likeness (QED) is 0.716. The van der Waals surface area contributed by atoms with Crippen molar-refractivity contribution < 1.29 is 13.2 Å². The highest BCUT2D eigenvalue weighted by molar-refractivity contribution is 7.89. The van der Waals surface area contributed by atoms with E-state index >= 15 is 0 Å². The minimum absolute atomic E-state index is 0.0481. The summed E-state index contributed by atoms with van der Waals surface area (Å²) >= 11 is 0. The summed E-state index contributed by atoms with van der Waals surface area (Å²) in [5, 5.41) is 3.01. The second-order valence-corrected chi connectivity index (χ2v) is 9.60. The van der Waals surface area contributed by atoms with Crippen molar-refractivity contribution in [3.05, 3.63) is 28.8 Å². The predicted molar refractivity (Wildman–Crippen MR) is 113 cm³/mol. The van der Waals surface area contributed by atoms with Crippen LogP contribution in [0.2, 0.25) is 0 Å². The van der Waals surface area contributed by atoms with Crippen molar-refractivity contribution in [1.29, 1.82) is 0 Å². The highest BCUT2D eigenvalue weighted by Gasteiger charge is 2.33. The van der Waals surface area contributed by atoms with E-state index in [1.165, 1.54) is 4.31 Å². The molecule has 0 bridgehead atoms. The van der Waals surface area contributed by atoms with Crippen LogP contribution in [0.3, 0.4) is 0 Å². The van der Waals surface area contributed by atoms with E-state index in [1.54, 1.807) is 0 Å². The zero-order chi connectivity index (χ0) is 20.9. The van der Waals surface area contributed by atoms with E-state index in [-0.39, 0.29) is 11.8 Å². The highest BCUT2D eigenvalue weighted by atomic mass is 32.2. The maximum absolute atomic E-state index is 13.1. The molecular weight excluding hydrogens is 374 g/mol. The van der Waals surface area contributed by atoms with E-state index < -0.39 is 10.0 Å². The maximum atomic E-state index is 13.1. The molecule has 1 amide bonds. The first-order valence-corrected chi connectivity index (χ1v) is 11.7. The lowest BCUT2D eigenvalue weighted by atomic mass is 9.97. The second-order valence-electron chi connectivity index (χ2n) is 7.72. The molecule has 2 rings (SSSR count). The summed E-state index contributed by atoms with van der Waals surface area (Å²) in [4.78, 5) is 15.1. The molecule has 0 aliphatic carbocycles. The third-order valence-corrected chi connectivity index (χ3v) is 7.85. The number of rotatable bonds is 8. The monoisotopic (exact) mass is 409 g/mol. The number of benzene rings is 1. The van der Waals surface area contributed by atoms with Gasteiger partial charge in [-0.15, -0.1) is 0 Å². The minimum Gasteiger partial charge on any atom is -0.355 e. The van der Waals surface area contributed by atoms with Crippen LogP contribution in [0.4, 0.5) is 0 Å². The molecule has 1 aliphatic heterocycles. The van der Waals surface area contributed by atoms with Crippen molar-refractivity contribution in [2.24, 2.45) is 5.92 Å². The van der Waals surface area contributed by atoms with Crippen LogP contribution in [0.1, 0.15) is 43.4 Å². The number of nitrogens with zero attached hydrogens (tertiary/aromatic N) is 2. The fourth-order valence-corrected chi connectivity index (χ4v) is 5.96. The zero-order valence-electron chi connectivity index (χ0n) is 17.9. The summed E-state index contributed by atoms with van der Waals surface area (Å²) in [6.45, 7) is 14.1. The maximum Gasteiger partial charge on any atom is 0.243 e. The van der Waals surface area contributed by atoms with Gasteiger partial charge in [0.25, 0.3) is 0 Å². The van der Waals surface area contributed by atoms with Crippen LogP contribution in [0.15, 0.2) is 17.0 Å². The summed E-state index contributed by atoms with van der Waals surface area (Å²) in [5.74, 6) is -0.0599. The normalized spacial score (nSPS) is 16.5. The number of sulfonamides is 1. The number of amides is 1. The van der Waals surface area contributed by atoms with Gasteiger partial charge < -0.3 is 10.2 Å². The average Bonchev–Trinajstić information content (AvgIpc) is 2.64. The second kappa shape index (κ2) is 9.85. The van der Waals surface area contributed by atoms with Crippen LogP contribution >= 0.6 is 0 Å². The number of nitrogens with one attached hydrogen (secondary N) is 1. The molecule has 1 saturated heterocycles. The fraction of sp³-hybridized carbons (Fsp3) is 0.667. The van der Waals surface area contributed by atoms with Crippen LogP contribution in [-0.2, 0) is 14.8 Å². The lowest BCUT2D eigenvalue weighted by molar-refractivity contribution is -0.126. The number of hydrogen-bond donors (Lipinski definition) is 1. The van der Waals surface area contributed by atoms with E-state index in [0.717, 1.165) is 36.3 Å². The Hall–Kier alpha value is -1.44. The highest BCUT2D eigenvalue weighted by Crippen LogP contribution is 2.28. The zero-order valence-corrected chi connectivity index (χ0v) is 18.7. The first-order chi connectivity index (χ1) is 13.2. The third kappa shape index (κ3) is 5.33. The van der Waals surface area contributed by atoms with E-state index in [0.29, 0.717) is 37.4 Å². The molecule has 6 nitrogen and oxygen atoms in total. The molecular formula is C21H35N3O3S. The van der Waals surface area contributed by atoms with Crippen molar-refractivity contribution in [2.75, 3.05) is 39.3 Å². The van der Waals surface area contributed by atoms with Crippen molar-refractivity contribution in [1.82, 2.24) is 14.5 Å². The Morgan fingerprint density at radius 2 is 1.64 bits per heavy atom. The first-order valence-electron chi connectivity index (χ1n) is 10.3. The number of carbonyl (C=O) groups is 1. The van der Waals surface area contributed by atoms with Gasteiger partial charge in [-0.05, 0) is 57.8 Å². The van der Waals surface area contributed by atoms with Crippen molar-refractivity contribution >= 4 is 15.9 Å². The lowest BCUT2D eigenvalue weighted by Crippen LogP contribution is -2.44. The van der Waals surface area contributed by atoms with Gasteiger partial charge in [0.2, 0.25) is 15.9 Å². The van der Waals surface area contributed by atoms with Gasteiger partial charge >= 0.3 is 0 Å². The molecule has 1 aromatic rings. The Kier molecular flexibility index (Phi) is 8.04. The van der Waals surface area contributed by atoms with Crippen molar-refractivity contribution in [3.63, 3.8) is 0 Å². The Bertz CT molecular complexity index is 757.